The largest absolute Gasteiger partial charge is 0.491 e. The third-order valence-electron chi connectivity index (χ3n) is 3.83. The molecule has 106 valence electrons. The Labute approximate surface area is 117 Å². The van der Waals surface area contributed by atoms with Gasteiger partial charge < -0.3 is 10.1 Å². The first-order valence-electron chi connectivity index (χ1n) is 7.62. The van der Waals surface area contributed by atoms with E-state index >= 15 is 0 Å². The van der Waals surface area contributed by atoms with Gasteiger partial charge in [-0.25, -0.2) is 0 Å². The maximum atomic E-state index is 5.66. The minimum absolute atomic E-state index is 0.243. The van der Waals surface area contributed by atoms with Crippen molar-refractivity contribution in [2.45, 2.75) is 65.1 Å². The van der Waals surface area contributed by atoms with Crippen molar-refractivity contribution in [3.63, 3.8) is 0 Å². The Bertz CT molecular complexity index is 371. The first-order valence-corrected chi connectivity index (χ1v) is 7.62. The van der Waals surface area contributed by atoms with Gasteiger partial charge in [0.05, 0.1) is 6.10 Å². The van der Waals surface area contributed by atoms with Crippen LogP contribution in [-0.4, -0.2) is 12.1 Å². The molecular weight excluding hydrogens is 234 g/mol. The molecule has 0 radical (unpaired) electrons. The van der Waals surface area contributed by atoms with Gasteiger partial charge in [-0.2, -0.15) is 0 Å². The van der Waals surface area contributed by atoms with Crippen LogP contribution in [0, 0.1) is 5.92 Å². The van der Waals surface area contributed by atoms with E-state index in [0.29, 0.717) is 6.04 Å². The number of hydrogen-bond acceptors (Lipinski definition) is 2. The van der Waals surface area contributed by atoms with Crippen molar-refractivity contribution >= 4 is 0 Å². The summed E-state index contributed by atoms with van der Waals surface area (Å²) in [6.45, 7) is 7.45. The predicted octanol–water partition coefficient (Wildman–Crippen LogP) is 4.14. The van der Waals surface area contributed by atoms with Crippen LogP contribution < -0.4 is 10.1 Å². The van der Waals surface area contributed by atoms with Crippen LogP contribution in [0.4, 0.5) is 0 Å². The topological polar surface area (TPSA) is 21.3 Å². The summed E-state index contributed by atoms with van der Waals surface area (Å²) < 4.78 is 5.66. The van der Waals surface area contributed by atoms with Gasteiger partial charge in [-0.3, -0.25) is 0 Å². The molecule has 1 saturated carbocycles. The van der Waals surface area contributed by atoms with Crippen molar-refractivity contribution < 1.29 is 4.74 Å². The van der Waals surface area contributed by atoms with Crippen molar-refractivity contribution in [3.8, 4) is 5.75 Å². The second-order valence-corrected chi connectivity index (χ2v) is 6.16. The summed E-state index contributed by atoms with van der Waals surface area (Å²) in [7, 11) is 0. The Hall–Kier alpha value is -1.02. The fraction of sp³-hybridized carbons (Fsp3) is 0.647. The Morgan fingerprint density at radius 1 is 1.21 bits per heavy atom. The van der Waals surface area contributed by atoms with Crippen LogP contribution in [0.25, 0.3) is 0 Å². The number of hydrogen-bond donors (Lipinski definition) is 1. The summed E-state index contributed by atoms with van der Waals surface area (Å²) in [4.78, 5) is 0. The zero-order valence-corrected chi connectivity index (χ0v) is 12.5. The van der Waals surface area contributed by atoms with Crippen molar-refractivity contribution in [1.82, 2.24) is 5.32 Å². The summed E-state index contributed by atoms with van der Waals surface area (Å²) in [5.41, 5.74) is 1.34. The Balaban J connectivity index is 1.79. The van der Waals surface area contributed by atoms with Crippen LogP contribution in [0.3, 0.4) is 0 Å². The quantitative estimate of drug-likeness (QED) is 0.860. The average molecular weight is 261 g/mol. The number of rotatable bonds is 5. The minimum atomic E-state index is 0.243. The zero-order chi connectivity index (χ0) is 13.7. The second-order valence-electron chi connectivity index (χ2n) is 6.16. The highest BCUT2D eigenvalue weighted by Crippen LogP contribution is 2.23. The van der Waals surface area contributed by atoms with Gasteiger partial charge in [-0.1, -0.05) is 31.9 Å². The van der Waals surface area contributed by atoms with Crippen LogP contribution in [0.2, 0.25) is 0 Å². The van der Waals surface area contributed by atoms with Gasteiger partial charge in [0.15, 0.2) is 0 Å². The second kappa shape index (κ2) is 6.95. The van der Waals surface area contributed by atoms with Crippen LogP contribution in [0.15, 0.2) is 24.3 Å². The van der Waals surface area contributed by atoms with E-state index in [4.69, 9.17) is 4.74 Å². The minimum Gasteiger partial charge on any atom is -0.491 e. The van der Waals surface area contributed by atoms with Crippen LogP contribution >= 0.6 is 0 Å². The zero-order valence-electron chi connectivity index (χ0n) is 12.5. The normalized spacial score (nSPS) is 23.6. The van der Waals surface area contributed by atoms with E-state index in [9.17, 15) is 0 Å². The van der Waals surface area contributed by atoms with E-state index in [-0.39, 0.29) is 6.10 Å². The monoisotopic (exact) mass is 261 g/mol. The van der Waals surface area contributed by atoms with Gasteiger partial charge in [0.2, 0.25) is 0 Å². The van der Waals surface area contributed by atoms with Gasteiger partial charge >= 0.3 is 0 Å². The molecule has 2 nitrogen and oxygen atoms in total. The van der Waals surface area contributed by atoms with Gasteiger partial charge in [-0.15, -0.1) is 0 Å². The molecule has 0 heterocycles. The third-order valence-corrected chi connectivity index (χ3v) is 3.83. The average Bonchev–Trinajstić information content (AvgIpc) is 2.37. The van der Waals surface area contributed by atoms with Crippen molar-refractivity contribution in [1.29, 1.82) is 0 Å². The van der Waals surface area contributed by atoms with E-state index in [1.54, 1.807) is 0 Å². The molecule has 1 aromatic carbocycles. The molecule has 2 rings (SSSR count). The molecule has 0 aromatic heterocycles. The number of ether oxygens (including phenoxy) is 1. The van der Waals surface area contributed by atoms with Gasteiger partial charge in [0, 0.05) is 12.6 Å². The molecule has 0 saturated heterocycles. The van der Waals surface area contributed by atoms with Crippen LogP contribution in [-0.2, 0) is 6.54 Å². The molecule has 19 heavy (non-hydrogen) atoms. The maximum absolute atomic E-state index is 5.66. The Morgan fingerprint density at radius 3 is 2.58 bits per heavy atom. The fourth-order valence-electron chi connectivity index (χ4n) is 2.84. The molecule has 1 aliphatic rings. The maximum Gasteiger partial charge on any atom is 0.119 e. The summed E-state index contributed by atoms with van der Waals surface area (Å²) in [6, 6.07) is 9.17. The molecular formula is C17H27NO. The molecule has 1 aliphatic carbocycles. The van der Waals surface area contributed by atoms with E-state index in [1.807, 2.05) is 0 Å². The smallest absolute Gasteiger partial charge is 0.119 e. The lowest BCUT2D eigenvalue weighted by Gasteiger charge is -2.27. The first-order chi connectivity index (χ1) is 9.13. The van der Waals surface area contributed by atoms with Gasteiger partial charge in [0.1, 0.15) is 5.75 Å². The lowest BCUT2D eigenvalue weighted by atomic mass is 9.87. The van der Waals surface area contributed by atoms with E-state index < -0.39 is 0 Å². The first kappa shape index (κ1) is 14.4. The Morgan fingerprint density at radius 2 is 1.95 bits per heavy atom. The molecule has 0 bridgehead atoms. The molecule has 0 aliphatic heterocycles. The van der Waals surface area contributed by atoms with Crippen molar-refractivity contribution in [3.05, 3.63) is 29.8 Å². The van der Waals surface area contributed by atoms with Crippen molar-refractivity contribution in [2.75, 3.05) is 0 Å². The van der Waals surface area contributed by atoms with Crippen molar-refractivity contribution in [2.24, 2.45) is 5.92 Å². The standard InChI is InChI=1S/C17H27NO/c1-13(2)19-17-9-7-15(8-10-17)12-18-16-6-4-5-14(3)11-16/h7-10,13-14,16,18H,4-6,11-12H2,1-3H3. The van der Waals surface area contributed by atoms with E-state index in [0.717, 1.165) is 18.2 Å². The molecule has 2 atom stereocenters. The molecule has 0 spiro atoms. The van der Waals surface area contributed by atoms with Crippen LogP contribution in [0.5, 0.6) is 5.75 Å². The molecule has 1 N–H and O–H groups in total. The molecule has 2 unspecified atom stereocenters. The molecule has 1 fully saturated rings. The number of benzene rings is 1. The van der Waals surface area contributed by atoms with E-state index in [1.165, 1.54) is 31.2 Å². The molecule has 1 aromatic rings. The van der Waals surface area contributed by atoms with Gasteiger partial charge in [0.25, 0.3) is 0 Å². The van der Waals surface area contributed by atoms with Crippen LogP contribution in [0.1, 0.15) is 52.0 Å². The SMILES string of the molecule is CC1CCCC(NCc2ccc(OC(C)C)cc2)C1. The summed E-state index contributed by atoms with van der Waals surface area (Å²) in [5.74, 6) is 1.85. The fourth-order valence-corrected chi connectivity index (χ4v) is 2.84. The lowest BCUT2D eigenvalue weighted by Crippen LogP contribution is -2.33. The molecule has 0 amide bonds. The Kier molecular flexibility index (Phi) is 5.26. The highest BCUT2D eigenvalue weighted by atomic mass is 16.5. The molecule has 2 heteroatoms. The summed E-state index contributed by atoms with van der Waals surface area (Å²) in [6.07, 6.45) is 5.68. The lowest BCUT2D eigenvalue weighted by molar-refractivity contribution is 0.242. The summed E-state index contributed by atoms with van der Waals surface area (Å²) >= 11 is 0. The highest BCUT2D eigenvalue weighted by Gasteiger charge is 2.17. The number of nitrogens with one attached hydrogen (secondary N) is 1. The van der Waals surface area contributed by atoms with Gasteiger partial charge in [-0.05, 0) is 50.3 Å². The summed E-state index contributed by atoms with van der Waals surface area (Å²) in [5, 5.41) is 3.69. The predicted molar refractivity (Wildman–Crippen MR) is 80.5 cm³/mol. The van der Waals surface area contributed by atoms with E-state index in [2.05, 4.69) is 50.4 Å². The third kappa shape index (κ3) is 4.87. The highest BCUT2D eigenvalue weighted by molar-refractivity contribution is 5.27.